The van der Waals surface area contributed by atoms with Gasteiger partial charge in [-0.3, -0.25) is 9.59 Å². The first-order valence-corrected chi connectivity index (χ1v) is 5.37. The Balaban J connectivity index is 4.14. The molecular formula is C11H21NO4. The van der Waals surface area contributed by atoms with E-state index in [2.05, 4.69) is 5.32 Å². The van der Waals surface area contributed by atoms with Crippen LogP contribution in [-0.4, -0.2) is 34.2 Å². The molecule has 0 spiro atoms. The molecule has 0 saturated heterocycles. The molecule has 0 saturated carbocycles. The van der Waals surface area contributed by atoms with Crippen molar-refractivity contribution in [1.29, 1.82) is 0 Å². The van der Waals surface area contributed by atoms with E-state index >= 15 is 0 Å². The second-order valence-electron chi connectivity index (χ2n) is 4.82. The summed E-state index contributed by atoms with van der Waals surface area (Å²) in [6, 6.07) is 0. The Morgan fingerprint density at radius 3 is 2.19 bits per heavy atom. The van der Waals surface area contributed by atoms with E-state index in [9.17, 15) is 14.7 Å². The average molecular weight is 231 g/mol. The summed E-state index contributed by atoms with van der Waals surface area (Å²) in [5.41, 5.74) is -1.40. The minimum Gasteiger partial charge on any atom is -0.481 e. The zero-order valence-corrected chi connectivity index (χ0v) is 10.3. The van der Waals surface area contributed by atoms with Crippen LogP contribution in [0.15, 0.2) is 0 Å². The van der Waals surface area contributed by atoms with Crippen LogP contribution >= 0.6 is 0 Å². The van der Waals surface area contributed by atoms with Crippen LogP contribution in [-0.2, 0) is 9.59 Å². The van der Waals surface area contributed by atoms with E-state index in [1.54, 1.807) is 6.92 Å². The first-order chi connectivity index (χ1) is 7.15. The molecule has 16 heavy (non-hydrogen) atoms. The molecule has 0 fully saturated rings. The van der Waals surface area contributed by atoms with Crippen molar-refractivity contribution in [3.63, 3.8) is 0 Å². The maximum absolute atomic E-state index is 11.5. The third kappa shape index (κ3) is 5.70. The number of carbonyl (C=O) groups excluding carboxylic acids is 1. The van der Waals surface area contributed by atoms with Crippen LogP contribution in [0.25, 0.3) is 0 Å². The first kappa shape index (κ1) is 14.9. The van der Waals surface area contributed by atoms with Gasteiger partial charge in [0.15, 0.2) is 0 Å². The van der Waals surface area contributed by atoms with Gasteiger partial charge in [0.05, 0.1) is 12.0 Å². The molecular weight excluding hydrogens is 210 g/mol. The third-order valence-electron chi connectivity index (χ3n) is 2.59. The molecule has 3 N–H and O–H groups in total. The molecule has 0 radical (unpaired) electrons. The number of amides is 1. The van der Waals surface area contributed by atoms with Crippen LogP contribution in [0, 0.1) is 11.8 Å². The number of carboxylic acids is 1. The van der Waals surface area contributed by atoms with Gasteiger partial charge < -0.3 is 15.5 Å². The number of aliphatic hydroxyl groups is 1. The van der Waals surface area contributed by atoms with E-state index in [0.29, 0.717) is 0 Å². The standard InChI is InChI=1S/C11H21NO4/c1-7(2)8(3)10(15)12-6-11(4,16)5-9(13)14/h7-8,16H,5-6H2,1-4H3,(H,12,15)(H,13,14). The van der Waals surface area contributed by atoms with Crippen LogP contribution in [0.3, 0.4) is 0 Å². The van der Waals surface area contributed by atoms with Crippen molar-refractivity contribution in [2.24, 2.45) is 11.8 Å². The quantitative estimate of drug-likeness (QED) is 0.625. The van der Waals surface area contributed by atoms with Crippen molar-refractivity contribution in [3.05, 3.63) is 0 Å². The van der Waals surface area contributed by atoms with E-state index in [-0.39, 0.29) is 30.7 Å². The highest BCUT2D eigenvalue weighted by molar-refractivity contribution is 5.78. The van der Waals surface area contributed by atoms with Gasteiger partial charge >= 0.3 is 5.97 Å². The Morgan fingerprint density at radius 2 is 1.81 bits per heavy atom. The van der Waals surface area contributed by atoms with Crippen LogP contribution in [0.5, 0.6) is 0 Å². The van der Waals surface area contributed by atoms with Crippen molar-refractivity contribution in [1.82, 2.24) is 5.32 Å². The fraction of sp³-hybridized carbons (Fsp3) is 0.818. The number of aliphatic carboxylic acids is 1. The van der Waals surface area contributed by atoms with Crippen molar-refractivity contribution < 1.29 is 19.8 Å². The summed E-state index contributed by atoms with van der Waals surface area (Å²) >= 11 is 0. The van der Waals surface area contributed by atoms with Crippen molar-refractivity contribution in [3.8, 4) is 0 Å². The Kier molecular flexibility index (Phi) is 5.44. The molecule has 0 aliphatic rings. The highest BCUT2D eigenvalue weighted by atomic mass is 16.4. The summed E-state index contributed by atoms with van der Waals surface area (Å²) in [7, 11) is 0. The maximum Gasteiger partial charge on any atom is 0.306 e. The van der Waals surface area contributed by atoms with E-state index < -0.39 is 11.6 Å². The smallest absolute Gasteiger partial charge is 0.306 e. The summed E-state index contributed by atoms with van der Waals surface area (Å²) in [5.74, 6) is -1.19. The maximum atomic E-state index is 11.5. The van der Waals surface area contributed by atoms with Gasteiger partial charge in [0, 0.05) is 12.5 Å². The fourth-order valence-electron chi connectivity index (χ4n) is 1.13. The molecule has 1 amide bonds. The van der Waals surface area contributed by atoms with Crippen LogP contribution in [0.1, 0.15) is 34.1 Å². The number of nitrogens with one attached hydrogen (secondary N) is 1. The number of hydrogen-bond donors (Lipinski definition) is 3. The number of carboxylic acid groups (broad SMARTS) is 1. The normalized spacial score (nSPS) is 16.6. The summed E-state index contributed by atoms with van der Waals surface area (Å²) < 4.78 is 0. The van der Waals surface area contributed by atoms with Crippen molar-refractivity contribution in [2.75, 3.05) is 6.54 Å². The molecule has 2 atom stereocenters. The second-order valence-corrected chi connectivity index (χ2v) is 4.82. The van der Waals surface area contributed by atoms with Crippen LogP contribution in [0.4, 0.5) is 0 Å². The minimum absolute atomic E-state index is 0.0464. The zero-order valence-electron chi connectivity index (χ0n) is 10.3. The van der Waals surface area contributed by atoms with Gasteiger partial charge in [-0.1, -0.05) is 20.8 Å². The Bertz CT molecular complexity index is 261. The topological polar surface area (TPSA) is 86.6 Å². The molecule has 0 rings (SSSR count). The minimum atomic E-state index is -1.40. The van der Waals surface area contributed by atoms with E-state index in [1.165, 1.54) is 6.92 Å². The summed E-state index contributed by atoms with van der Waals surface area (Å²) in [5, 5.41) is 20.8. The molecule has 2 unspecified atom stereocenters. The third-order valence-corrected chi connectivity index (χ3v) is 2.59. The summed E-state index contributed by atoms with van der Waals surface area (Å²) in [6.07, 6.45) is -0.386. The highest BCUT2D eigenvalue weighted by Gasteiger charge is 2.26. The zero-order chi connectivity index (χ0) is 12.9. The molecule has 0 bridgehead atoms. The summed E-state index contributed by atoms with van der Waals surface area (Å²) in [6.45, 7) is 7.00. The SMILES string of the molecule is CC(C)C(C)C(=O)NCC(C)(O)CC(=O)O. The van der Waals surface area contributed by atoms with E-state index in [0.717, 1.165) is 0 Å². The predicted molar refractivity (Wildman–Crippen MR) is 59.9 cm³/mol. The number of hydrogen-bond acceptors (Lipinski definition) is 3. The lowest BCUT2D eigenvalue weighted by Gasteiger charge is -2.23. The van der Waals surface area contributed by atoms with Crippen molar-refractivity contribution in [2.45, 2.75) is 39.7 Å². The Morgan fingerprint density at radius 1 is 1.31 bits per heavy atom. The van der Waals surface area contributed by atoms with Gasteiger partial charge in [0.25, 0.3) is 0 Å². The van der Waals surface area contributed by atoms with E-state index in [1.807, 2.05) is 13.8 Å². The molecule has 0 aromatic heterocycles. The second kappa shape index (κ2) is 5.84. The predicted octanol–water partition coefficient (Wildman–Crippen LogP) is 0.620. The average Bonchev–Trinajstić information content (AvgIpc) is 2.10. The molecule has 5 heteroatoms. The first-order valence-electron chi connectivity index (χ1n) is 5.37. The van der Waals surface area contributed by atoms with Crippen molar-refractivity contribution >= 4 is 11.9 Å². The molecule has 0 aliphatic heterocycles. The molecule has 5 nitrogen and oxygen atoms in total. The van der Waals surface area contributed by atoms with Gasteiger partial charge in [0.2, 0.25) is 5.91 Å². The van der Waals surface area contributed by atoms with Gasteiger partial charge in [-0.25, -0.2) is 0 Å². The lowest BCUT2D eigenvalue weighted by molar-refractivity contribution is -0.142. The van der Waals surface area contributed by atoms with Gasteiger partial charge in [-0.05, 0) is 12.8 Å². The largest absolute Gasteiger partial charge is 0.481 e. The lowest BCUT2D eigenvalue weighted by Crippen LogP contribution is -2.44. The molecule has 0 heterocycles. The van der Waals surface area contributed by atoms with Gasteiger partial charge in [0.1, 0.15) is 0 Å². The highest BCUT2D eigenvalue weighted by Crippen LogP contribution is 2.11. The van der Waals surface area contributed by atoms with Crippen LogP contribution in [0.2, 0.25) is 0 Å². The van der Waals surface area contributed by atoms with Gasteiger partial charge in [-0.2, -0.15) is 0 Å². The Hall–Kier alpha value is -1.10. The number of rotatable bonds is 6. The molecule has 0 aromatic rings. The van der Waals surface area contributed by atoms with E-state index in [4.69, 9.17) is 5.11 Å². The molecule has 0 aliphatic carbocycles. The molecule has 94 valence electrons. The monoisotopic (exact) mass is 231 g/mol. The Labute approximate surface area is 95.9 Å². The molecule has 0 aromatic carbocycles. The van der Waals surface area contributed by atoms with Crippen LogP contribution < -0.4 is 5.32 Å². The summed E-state index contributed by atoms with van der Waals surface area (Å²) in [4.78, 5) is 22.0. The number of carbonyl (C=O) groups is 2. The fourth-order valence-corrected chi connectivity index (χ4v) is 1.13. The van der Waals surface area contributed by atoms with Gasteiger partial charge in [-0.15, -0.1) is 0 Å². The lowest BCUT2D eigenvalue weighted by atomic mass is 9.96.